The van der Waals surface area contributed by atoms with Gasteiger partial charge in [-0.3, -0.25) is 0 Å². The summed E-state index contributed by atoms with van der Waals surface area (Å²) < 4.78 is 39.0. The molecule has 130 valence electrons. The smallest absolute Gasteiger partial charge is 0.396 e. The van der Waals surface area contributed by atoms with E-state index >= 15 is 0 Å². The summed E-state index contributed by atoms with van der Waals surface area (Å²) in [6.45, 7) is 0.206. The first-order valence-electron chi connectivity index (χ1n) is 7.14. The van der Waals surface area contributed by atoms with E-state index < -0.39 is 11.9 Å². The van der Waals surface area contributed by atoms with Gasteiger partial charge in [0.2, 0.25) is 5.95 Å². The summed E-state index contributed by atoms with van der Waals surface area (Å²) in [5.74, 6) is -0.0936. The van der Waals surface area contributed by atoms with Crippen molar-refractivity contribution in [1.82, 2.24) is 9.97 Å². The molecule has 0 saturated carbocycles. The van der Waals surface area contributed by atoms with Gasteiger partial charge in [0.15, 0.2) is 5.69 Å². The highest BCUT2D eigenvalue weighted by Crippen LogP contribution is 2.30. The molecule has 9 heteroatoms. The maximum absolute atomic E-state index is 13.0. The van der Waals surface area contributed by atoms with E-state index in [0.717, 1.165) is 11.0 Å². The number of rotatable bonds is 7. The van der Waals surface area contributed by atoms with E-state index in [1.165, 1.54) is 11.8 Å². The molecule has 0 radical (unpaired) electrons. The molecule has 0 bridgehead atoms. The Morgan fingerprint density at radius 2 is 2.00 bits per heavy atom. The van der Waals surface area contributed by atoms with Crippen molar-refractivity contribution in [2.45, 2.75) is 17.5 Å². The molecule has 0 aliphatic rings. The quantitative estimate of drug-likeness (QED) is 0.517. The lowest BCUT2D eigenvalue weighted by Gasteiger charge is -2.13. The molecule has 5 nitrogen and oxygen atoms in total. The number of aromatic nitrogens is 2. The third-order valence-electron chi connectivity index (χ3n) is 2.98. The molecule has 0 atom stereocenters. The molecule has 0 fully saturated rings. The molecule has 1 aromatic heterocycles. The summed E-state index contributed by atoms with van der Waals surface area (Å²) in [5, 5.41) is 14.3. The summed E-state index contributed by atoms with van der Waals surface area (Å²) in [6, 6.07) is 8.13. The van der Waals surface area contributed by atoms with Gasteiger partial charge in [0.1, 0.15) is 5.82 Å². The lowest BCUT2D eigenvalue weighted by Crippen LogP contribution is -2.14. The Kier molecular flexibility index (Phi) is 6.27. The van der Waals surface area contributed by atoms with Crippen LogP contribution in [-0.4, -0.2) is 34.5 Å². The van der Waals surface area contributed by atoms with Gasteiger partial charge < -0.3 is 15.7 Å². The highest BCUT2D eigenvalue weighted by atomic mass is 32.2. The molecule has 2 rings (SSSR count). The molecule has 3 N–H and O–H groups in total. The average Bonchev–Trinajstić information content (AvgIpc) is 2.54. The minimum absolute atomic E-state index is 0.0436. The SMILES string of the molecule is CSc1cccc(Nc2cc(C(F)(F)F)nc(NCCCO)n2)c1. The molecule has 0 spiro atoms. The number of hydrogen-bond acceptors (Lipinski definition) is 6. The van der Waals surface area contributed by atoms with Crippen molar-refractivity contribution in [2.24, 2.45) is 0 Å². The van der Waals surface area contributed by atoms with Crippen LogP contribution in [0.2, 0.25) is 0 Å². The second-order valence-corrected chi connectivity index (χ2v) is 5.70. The van der Waals surface area contributed by atoms with Crippen molar-refractivity contribution in [3.05, 3.63) is 36.0 Å². The predicted octanol–water partition coefficient (Wildman–Crippen LogP) is 3.76. The average molecular weight is 358 g/mol. The zero-order chi connectivity index (χ0) is 17.6. The Bertz CT molecular complexity index is 682. The van der Waals surface area contributed by atoms with Crippen molar-refractivity contribution in [1.29, 1.82) is 0 Å². The molecule has 2 aromatic rings. The van der Waals surface area contributed by atoms with Crippen LogP contribution in [0.1, 0.15) is 12.1 Å². The Hall–Kier alpha value is -2.00. The zero-order valence-electron chi connectivity index (χ0n) is 12.9. The molecule has 1 aromatic carbocycles. The molecule has 0 saturated heterocycles. The minimum Gasteiger partial charge on any atom is -0.396 e. The molecular formula is C15H17F3N4OS. The van der Waals surface area contributed by atoms with Gasteiger partial charge >= 0.3 is 6.18 Å². The van der Waals surface area contributed by atoms with Gasteiger partial charge in [0.25, 0.3) is 0 Å². The Morgan fingerprint density at radius 3 is 2.67 bits per heavy atom. The van der Waals surface area contributed by atoms with Gasteiger partial charge in [-0.05, 0) is 30.9 Å². The monoisotopic (exact) mass is 358 g/mol. The van der Waals surface area contributed by atoms with Crippen molar-refractivity contribution in [2.75, 3.05) is 30.0 Å². The van der Waals surface area contributed by atoms with Crippen LogP contribution >= 0.6 is 11.8 Å². The fourth-order valence-electron chi connectivity index (χ4n) is 1.86. The van der Waals surface area contributed by atoms with Crippen LogP contribution in [0.4, 0.5) is 30.6 Å². The number of alkyl halides is 3. The van der Waals surface area contributed by atoms with Gasteiger partial charge in [-0.2, -0.15) is 18.2 Å². The van der Waals surface area contributed by atoms with E-state index in [-0.39, 0.29) is 24.9 Å². The number of aliphatic hydroxyl groups excluding tert-OH is 1. The first-order chi connectivity index (χ1) is 11.4. The fourth-order valence-corrected chi connectivity index (χ4v) is 2.32. The van der Waals surface area contributed by atoms with E-state index in [0.29, 0.717) is 12.1 Å². The van der Waals surface area contributed by atoms with Gasteiger partial charge in [0.05, 0.1) is 0 Å². The van der Waals surface area contributed by atoms with Gasteiger partial charge in [-0.25, -0.2) is 4.98 Å². The summed E-state index contributed by atoms with van der Waals surface area (Å²) in [7, 11) is 0. The molecule has 0 unspecified atom stereocenters. The van der Waals surface area contributed by atoms with Crippen molar-refractivity contribution in [3.63, 3.8) is 0 Å². The summed E-state index contributed by atoms with van der Waals surface area (Å²) >= 11 is 1.53. The number of anilines is 3. The van der Waals surface area contributed by atoms with E-state index in [1.54, 1.807) is 12.1 Å². The first-order valence-corrected chi connectivity index (χ1v) is 8.37. The minimum atomic E-state index is -4.58. The summed E-state index contributed by atoms with van der Waals surface area (Å²) in [4.78, 5) is 8.50. The number of aliphatic hydroxyl groups is 1. The maximum Gasteiger partial charge on any atom is 0.433 e. The number of nitrogens with zero attached hydrogens (tertiary/aromatic N) is 2. The van der Waals surface area contributed by atoms with Crippen LogP contribution in [0.3, 0.4) is 0 Å². The van der Waals surface area contributed by atoms with E-state index in [9.17, 15) is 13.2 Å². The third-order valence-corrected chi connectivity index (χ3v) is 3.70. The number of benzene rings is 1. The molecule has 0 amide bonds. The highest BCUT2D eigenvalue weighted by molar-refractivity contribution is 7.98. The summed E-state index contributed by atoms with van der Waals surface area (Å²) in [5.41, 5.74) is -0.400. The van der Waals surface area contributed by atoms with Gasteiger partial charge in [0, 0.05) is 29.8 Å². The van der Waals surface area contributed by atoms with Crippen LogP contribution < -0.4 is 10.6 Å². The molecule has 1 heterocycles. The number of thioether (sulfide) groups is 1. The molecular weight excluding hydrogens is 341 g/mol. The fraction of sp³-hybridized carbons (Fsp3) is 0.333. The van der Waals surface area contributed by atoms with Gasteiger partial charge in [-0.1, -0.05) is 6.07 Å². The summed E-state index contributed by atoms with van der Waals surface area (Å²) in [6.07, 6.45) is -2.28. The third kappa shape index (κ3) is 5.27. The Morgan fingerprint density at radius 1 is 1.21 bits per heavy atom. The van der Waals surface area contributed by atoms with E-state index in [1.807, 2.05) is 18.4 Å². The number of nitrogens with one attached hydrogen (secondary N) is 2. The number of halogens is 3. The van der Waals surface area contributed by atoms with Crippen LogP contribution in [-0.2, 0) is 6.18 Å². The predicted molar refractivity (Wildman–Crippen MR) is 88.7 cm³/mol. The van der Waals surface area contributed by atoms with E-state index in [4.69, 9.17) is 5.11 Å². The van der Waals surface area contributed by atoms with Crippen LogP contribution in [0.25, 0.3) is 0 Å². The highest BCUT2D eigenvalue weighted by Gasteiger charge is 2.33. The normalized spacial score (nSPS) is 11.4. The van der Waals surface area contributed by atoms with Crippen molar-refractivity contribution in [3.8, 4) is 0 Å². The maximum atomic E-state index is 13.0. The van der Waals surface area contributed by atoms with Crippen molar-refractivity contribution >= 4 is 29.2 Å². The lowest BCUT2D eigenvalue weighted by atomic mass is 10.3. The second kappa shape index (κ2) is 8.20. The zero-order valence-corrected chi connectivity index (χ0v) is 13.7. The van der Waals surface area contributed by atoms with Crippen LogP contribution in [0, 0.1) is 0 Å². The van der Waals surface area contributed by atoms with Crippen LogP contribution in [0.5, 0.6) is 0 Å². The van der Waals surface area contributed by atoms with E-state index in [2.05, 4.69) is 20.6 Å². The molecule has 24 heavy (non-hydrogen) atoms. The molecule has 0 aliphatic carbocycles. The van der Waals surface area contributed by atoms with Crippen molar-refractivity contribution < 1.29 is 18.3 Å². The second-order valence-electron chi connectivity index (χ2n) is 4.82. The van der Waals surface area contributed by atoms with Gasteiger partial charge in [-0.15, -0.1) is 11.8 Å². The standard InChI is InChI=1S/C15H17F3N4OS/c1-24-11-5-2-4-10(8-11)20-13-9-12(15(16,17)18)21-14(22-13)19-6-3-7-23/h2,4-5,8-9,23H,3,6-7H2,1H3,(H2,19,20,21,22). The largest absolute Gasteiger partial charge is 0.433 e. The Balaban J connectivity index is 2.27. The molecule has 0 aliphatic heterocycles. The van der Waals surface area contributed by atoms with Crippen LogP contribution in [0.15, 0.2) is 35.2 Å². The Labute approximate surface area is 141 Å². The topological polar surface area (TPSA) is 70.1 Å². The lowest BCUT2D eigenvalue weighted by molar-refractivity contribution is -0.141. The number of hydrogen-bond donors (Lipinski definition) is 3. The first kappa shape index (κ1) is 18.3.